The number of thioether (sulfide) groups is 1. The van der Waals surface area contributed by atoms with Crippen LogP contribution in [0.25, 0.3) is 0 Å². The third-order valence-corrected chi connectivity index (χ3v) is 4.46. The Morgan fingerprint density at radius 3 is 3.04 bits per heavy atom. The highest BCUT2D eigenvalue weighted by Gasteiger charge is 2.19. The molecule has 1 aromatic carbocycles. The normalized spacial score (nSPS) is 11.7. The van der Waals surface area contributed by atoms with Crippen LogP contribution in [0.1, 0.15) is 32.3 Å². The fraction of sp³-hybridized carbons (Fsp3) is 0.375. The first-order valence-corrected chi connectivity index (χ1v) is 8.56. The van der Waals surface area contributed by atoms with Crippen LogP contribution < -0.4 is 11.0 Å². The zero-order valence-corrected chi connectivity index (χ0v) is 14.4. The molecule has 1 amide bonds. The largest absolute Gasteiger partial charge is 0.343 e. The minimum atomic E-state index is -0.439. The second-order valence-corrected chi connectivity index (χ2v) is 6.57. The summed E-state index contributed by atoms with van der Waals surface area (Å²) >= 11 is 1.22. The SMILES string of the molecule is CCCCn1c(S[C@@H](C)C(=O)Nc2cccc(C#N)c2)n[nH]c1=O. The van der Waals surface area contributed by atoms with Crippen molar-refractivity contribution in [3.05, 3.63) is 40.3 Å². The molecule has 0 unspecified atom stereocenters. The molecule has 0 bridgehead atoms. The van der Waals surface area contributed by atoms with Crippen molar-refractivity contribution in [2.24, 2.45) is 0 Å². The fourth-order valence-corrected chi connectivity index (χ4v) is 2.91. The van der Waals surface area contributed by atoms with Crippen LogP contribution in [0, 0.1) is 11.3 Å². The molecule has 0 radical (unpaired) electrons. The number of aromatic amines is 1. The maximum Gasteiger partial charge on any atom is 0.343 e. The number of amides is 1. The van der Waals surface area contributed by atoms with Gasteiger partial charge in [-0.15, -0.1) is 5.10 Å². The second-order valence-electron chi connectivity index (χ2n) is 5.26. The first-order chi connectivity index (χ1) is 11.5. The van der Waals surface area contributed by atoms with Gasteiger partial charge in [0.15, 0.2) is 5.16 Å². The van der Waals surface area contributed by atoms with Crippen LogP contribution in [0.3, 0.4) is 0 Å². The van der Waals surface area contributed by atoms with E-state index in [4.69, 9.17) is 5.26 Å². The summed E-state index contributed by atoms with van der Waals surface area (Å²) in [5.74, 6) is -0.215. The number of unbranched alkanes of at least 4 members (excludes halogenated alkanes) is 1. The molecule has 1 heterocycles. The molecule has 0 saturated carbocycles. The molecule has 0 fully saturated rings. The molecule has 0 saturated heterocycles. The van der Waals surface area contributed by atoms with Crippen molar-refractivity contribution in [1.29, 1.82) is 5.26 Å². The molecule has 1 atom stereocenters. The Hall–Kier alpha value is -2.53. The van der Waals surface area contributed by atoms with Crippen molar-refractivity contribution in [3.63, 3.8) is 0 Å². The van der Waals surface area contributed by atoms with Crippen LogP contribution in [0.2, 0.25) is 0 Å². The Bertz CT molecular complexity index is 805. The lowest BCUT2D eigenvalue weighted by Gasteiger charge is -2.12. The van der Waals surface area contributed by atoms with Crippen LogP contribution in [0.15, 0.2) is 34.2 Å². The number of H-pyrrole nitrogens is 1. The molecule has 1 aromatic heterocycles. The van der Waals surface area contributed by atoms with Gasteiger partial charge in [0.05, 0.1) is 16.9 Å². The van der Waals surface area contributed by atoms with Crippen LogP contribution in [0.4, 0.5) is 5.69 Å². The van der Waals surface area contributed by atoms with Gasteiger partial charge < -0.3 is 5.32 Å². The zero-order chi connectivity index (χ0) is 17.5. The monoisotopic (exact) mass is 345 g/mol. The summed E-state index contributed by atoms with van der Waals surface area (Å²) in [4.78, 5) is 24.1. The predicted octanol–water partition coefficient (Wildman–Crippen LogP) is 2.36. The van der Waals surface area contributed by atoms with E-state index < -0.39 is 5.25 Å². The van der Waals surface area contributed by atoms with E-state index in [0.717, 1.165) is 12.8 Å². The van der Waals surface area contributed by atoms with Gasteiger partial charge in [-0.1, -0.05) is 31.2 Å². The molecule has 0 aliphatic rings. The van der Waals surface area contributed by atoms with Crippen LogP contribution in [0.5, 0.6) is 0 Å². The number of benzene rings is 1. The smallest absolute Gasteiger partial charge is 0.325 e. The van der Waals surface area contributed by atoms with E-state index in [0.29, 0.717) is 23.0 Å². The summed E-state index contributed by atoms with van der Waals surface area (Å²) in [7, 11) is 0. The molecule has 0 aliphatic heterocycles. The van der Waals surface area contributed by atoms with Crippen molar-refractivity contribution in [2.45, 2.75) is 43.6 Å². The third-order valence-electron chi connectivity index (χ3n) is 3.37. The lowest BCUT2D eigenvalue weighted by Crippen LogP contribution is -2.24. The van der Waals surface area contributed by atoms with Gasteiger partial charge in [0.25, 0.3) is 0 Å². The van der Waals surface area contributed by atoms with E-state index >= 15 is 0 Å². The van der Waals surface area contributed by atoms with E-state index in [1.807, 2.05) is 13.0 Å². The van der Waals surface area contributed by atoms with Crippen LogP contribution in [-0.4, -0.2) is 25.9 Å². The molecule has 7 nitrogen and oxygen atoms in total. The number of nitrogens with one attached hydrogen (secondary N) is 2. The maximum absolute atomic E-state index is 12.3. The topological polar surface area (TPSA) is 104 Å². The van der Waals surface area contributed by atoms with Crippen molar-refractivity contribution in [3.8, 4) is 6.07 Å². The zero-order valence-electron chi connectivity index (χ0n) is 13.6. The standard InChI is InChI=1S/C16H19N5O2S/c1-3-4-8-21-15(23)19-20-16(21)24-11(2)14(22)18-13-7-5-6-12(9-13)10-17/h5-7,9,11H,3-4,8H2,1-2H3,(H,18,22)(H,19,23)/t11-/m0/s1. The minimum Gasteiger partial charge on any atom is -0.325 e. The van der Waals surface area contributed by atoms with Gasteiger partial charge in [0.2, 0.25) is 5.91 Å². The summed E-state index contributed by atoms with van der Waals surface area (Å²) in [6.45, 7) is 4.37. The Morgan fingerprint density at radius 1 is 1.54 bits per heavy atom. The van der Waals surface area contributed by atoms with Crippen molar-refractivity contribution in [2.75, 3.05) is 5.32 Å². The van der Waals surface area contributed by atoms with E-state index in [1.54, 1.807) is 35.8 Å². The molecule has 126 valence electrons. The lowest BCUT2D eigenvalue weighted by atomic mass is 10.2. The Labute approximate surface area is 144 Å². The van der Waals surface area contributed by atoms with Gasteiger partial charge in [-0.25, -0.2) is 9.89 Å². The number of anilines is 1. The number of carbonyl (C=O) groups excluding carboxylic acids is 1. The van der Waals surface area contributed by atoms with E-state index in [-0.39, 0.29) is 11.6 Å². The number of nitrogens with zero attached hydrogens (tertiary/aromatic N) is 3. The quantitative estimate of drug-likeness (QED) is 0.750. The average Bonchev–Trinajstić information content (AvgIpc) is 2.92. The highest BCUT2D eigenvalue weighted by atomic mass is 32.2. The molecule has 0 spiro atoms. The molecule has 2 rings (SSSR count). The summed E-state index contributed by atoms with van der Waals surface area (Å²) in [5.41, 5.74) is 0.783. The van der Waals surface area contributed by atoms with E-state index in [9.17, 15) is 9.59 Å². The molecular weight excluding hydrogens is 326 g/mol. The van der Waals surface area contributed by atoms with Gasteiger partial charge in [-0.05, 0) is 31.5 Å². The van der Waals surface area contributed by atoms with Gasteiger partial charge in [-0.2, -0.15) is 5.26 Å². The van der Waals surface area contributed by atoms with Crippen molar-refractivity contribution in [1.82, 2.24) is 14.8 Å². The van der Waals surface area contributed by atoms with Gasteiger partial charge in [-0.3, -0.25) is 9.36 Å². The molecule has 24 heavy (non-hydrogen) atoms. The maximum atomic E-state index is 12.3. The third kappa shape index (κ3) is 4.49. The van der Waals surface area contributed by atoms with Gasteiger partial charge in [0, 0.05) is 12.2 Å². The molecule has 8 heteroatoms. The summed E-state index contributed by atoms with van der Waals surface area (Å²) in [6.07, 6.45) is 1.83. The predicted molar refractivity (Wildman–Crippen MR) is 92.9 cm³/mol. The average molecular weight is 345 g/mol. The number of carbonyl (C=O) groups is 1. The Kier molecular flexibility index (Phi) is 6.21. The highest BCUT2D eigenvalue weighted by Crippen LogP contribution is 2.21. The molecular formula is C16H19N5O2S. The number of hydrogen-bond donors (Lipinski definition) is 2. The number of aromatic nitrogens is 3. The first-order valence-electron chi connectivity index (χ1n) is 7.68. The Balaban J connectivity index is 2.04. The number of rotatable bonds is 7. The van der Waals surface area contributed by atoms with Crippen molar-refractivity contribution >= 4 is 23.4 Å². The second kappa shape index (κ2) is 8.36. The number of nitriles is 1. The summed E-state index contributed by atoms with van der Waals surface area (Å²) in [6, 6.07) is 8.75. The van der Waals surface area contributed by atoms with E-state index in [2.05, 4.69) is 15.5 Å². The van der Waals surface area contributed by atoms with Gasteiger partial charge >= 0.3 is 5.69 Å². The molecule has 2 aromatic rings. The summed E-state index contributed by atoms with van der Waals surface area (Å²) in [5, 5.41) is 18.1. The fourth-order valence-electron chi connectivity index (χ4n) is 2.03. The lowest BCUT2D eigenvalue weighted by molar-refractivity contribution is -0.115. The van der Waals surface area contributed by atoms with Crippen LogP contribution >= 0.6 is 11.8 Å². The number of hydrogen-bond acceptors (Lipinski definition) is 5. The molecule has 0 aliphatic carbocycles. The van der Waals surface area contributed by atoms with Crippen molar-refractivity contribution < 1.29 is 4.79 Å². The van der Waals surface area contributed by atoms with Gasteiger partial charge in [0.1, 0.15) is 0 Å². The highest BCUT2D eigenvalue weighted by molar-refractivity contribution is 8.00. The van der Waals surface area contributed by atoms with E-state index in [1.165, 1.54) is 11.8 Å². The molecule has 2 N–H and O–H groups in total. The Morgan fingerprint density at radius 2 is 2.33 bits per heavy atom. The first kappa shape index (κ1) is 17.8. The minimum absolute atomic E-state index is 0.215. The van der Waals surface area contributed by atoms with Crippen LogP contribution in [-0.2, 0) is 11.3 Å². The summed E-state index contributed by atoms with van der Waals surface area (Å²) < 4.78 is 1.55.